The lowest BCUT2D eigenvalue weighted by Gasteiger charge is -2.34. The molecule has 27 heavy (non-hydrogen) atoms. The maximum absolute atomic E-state index is 10.9. The van der Waals surface area contributed by atoms with E-state index in [1.807, 2.05) is 12.1 Å². The van der Waals surface area contributed by atoms with Gasteiger partial charge >= 0.3 is 5.95 Å². The predicted molar refractivity (Wildman–Crippen MR) is 99.6 cm³/mol. The molecule has 0 aliphatic carbocycles. The van der Waals surface area contributed by atoms with Crippen LogP contribution in [-0.4, -0.2) is 57.8 Å². The summed E-state index contributed by atoms with van der Waals surface area (Å²) >= 11 is 0. The summed E-state index contributed by atoms with van der Waals surface area (Å²) in [6.07, 6.45) is 2.94. The summed E-state index contributed by atoms with van der Waals surface area (Å²) in [5.41, 5.74) is 2.85. The van der Waals surface area contributed by atoms with Crippen LogP contribution in [0.15, 0.2) is 47.2 Å². The van der Waals surface area contributed by atoms with Crippen molar-refractivity contribution in [1.82, 2.24) is 19.6 Å². The van der Waals surface area contributed by atoms with Crippen molar-refractivity contribution in [3.05, 3.63) is 58.6 Å². The maximum Gasteiger partial charge on any atom is 0.434 e. The quantitative estimate of drug-likeness (QED) is 0.503. The van der Waals surface area contributed by atoms with Crippen molar-refractivity contribution < 1.29 is 9.45 Å². The van der Waals surface area contributed by atoms with Crippen LogP contribution in [-0.2, 0) is 6.54 Å². The van der Waals surface area contributed by atoms with Gasteiger partial charge in [-0.3, -0.25) is 0 Å². The van der Waals surface area contributed by atoms with E-state index in [0.717, 1.165) is 31.7 Å². The molecule has 0 atom stereocenters. The summed E-state index contributed by atoms with van der Waals surface area (Å²) in [6, 6.07) is 10.0. The highest BCUT2D eigenvalue weighted by atomic mass is 16.6. The Morgan fingerprint density at radius 3 is 2.63 bits per heavy atom. The third-order valence-corrected chi connectivity index (χ3v) is 4.77. The molecule has 2 aromatic heterocycles. The molecule has 0 amide bonds. The second kappa shape index (κ2) is 7.20. The van der Waals surface area contributed by atoms with Crippen LogP contribution >= 0.6 is 0 Å². The molecule has 0 N–H and O–H groups in total. The fraction of sp³-hybridized carbons (Fsp3) is 0.333. The molecule has 3 aromatic rings. The van der Waals surface area contributed by atoms with Gasteiger partial charge in [0.2, 0.25) is 0 Å². The Morgan fingerprint density at radius 1 is 1.19 bits per heavy atom. The molecule has 0 spiro atoms. The van der Waals surface area contributed by atoms with Crippen molar-refractivity contribution in [2.75, 3.05) is 38.1 Å². The molecule has 0 saturated carbocycles. The van der Waals surface area contributed by atoms with E-state index < -0.39 is 4.92 Å². The van der Waals surface area contributed by atoms with Crippen LogP contribution in [0, 0.1) is 10.1 Å². The normalized spacial score (nSPS) is 15.2. The highest BCUT2D eigenvalue weighted by Gasteiger charge is 2.17. The van der Waals surface area contributed by atoms with Gasteiger partial charge in [0.25, 0.3) is 0 Å². The van der Waals surface area contributed by atoms with Crippen molar-refractivity contribution in [2.24, 2.45) is 0 Å². The van der Waals surface area contributed by atoms with E-state index in [2.05, 4.69) is 39.1 Å². The molecule has 0 unspecified atom stereocenters. The average Bonchev–Trinajstić information content (AvgIpc) is 3.33. The minimum Gasteiger partial charge on any atom is -0.390 e. The van der Waals surface area contributed by atoms with E-state index in [1.54, 1.807) is 12.3 Å². The first kappa shape index (κ1) is 17.2. The number of rotatable bonds is 5. The molecule has 9 nitrogen and oxygen atoms in total. The summed E-state index contributed by atoms with van der Waals surface area (Å²) in [6.45, 7) is 4.38. The number of nitro groups is 1. The van der Waals surface area contributed by atoms with E-state index in [4.69, 9.17) is 4.52 Å². The van der Waals surface area contributed by atoms with Crippen LogP contribution in [0.1, 0.15) is 5.76 Å². The molecule has 1 aliphatic rings. The molecule has 1 aromatic carbocycles. The van der Waals surface area contributed by atoms with E-state index in [9.17, 15) is 10.1 Å². The maximum atomic E-state index is 10.9. The number of imidazole rings is 1. The smallest absolute Gasteiger partial charge is 0.390 e. The fourth-order valence-electron chi connectivity index (χ4n) is 3.20. The number of nitrogens with zero attached hydrogens (tertiary/aromatic N) is 6. The molecular formula is C18H20N6O3. The molecule has 0 radical (unpaired) electrons. The van der Waals surface area contributed by atoms with Crippen LogP contribution in [0.3, 0.4) is 0 Å². The van der Waals surface area contributed by atoms with E-state index in [-0.39, 0.29) is 12.5 Å². The van der Waals surface area contributed by atoms with Gasteiger partial charge in [0.15, 0.2) is 5.76 Å². The lowest BCUT2D eigenvalue weighted by atomic mass is 10.1. The van der Waals surface area contributed by atoms with Crippen molar-refractivity contribution in [1.29, 1.82) is 0 Å². The van der Waals surface area contributed by atoms with Crippen molar-refractivity contribution >= 4 is 11.6 Å². The Hall–Kier alpha value is -3.20. The van der Waals surface area contributed by atoms with Gasteiger partial charge in [-0.1, -0.05) is 22.3 Å². The van der Waals surface area contributed by atoms with Crippen molar-refractivity contribution in [3.63, 3.8) is 0 Å². The Bertz CT molecular complexity index is 925. The molecule has 9 heteroatoms. The van der Waals surface area contributed by atoms with Gasteiger partial charge < -0.3 is 24.4 Å². The number of anilines is 1. The molecule has 0 bridgehead atoms. The predicted octanol–water partition coefficient (Wildman–Crippen LogP) is 2.25. The van der Waals surface area contributed by atoms with Gasteiger partial charge in [-0.25, -0.2) is 4.57 Å². The Kier molecular flexibility index (Phi) is 4.59. The first-order chi connectivity index (χ1) is 13.1. The van der Waals surface area contributed by atoms with Crippen LogP contribution in [0.5, 0.6) is 0 Å². The van der Waals surface area contributed by atoms with E-state index in [1.165, 1.54) is 16.5 Å². The fourth-order valence-corrected chi connectivity index (χ4v) is 3.20. The summed E-state index contributed by atoms with van der Waals surface area (Å²) in [5, 5.41) is 15.0. The van der Waals surface area contributed by atoms with Crippen molar-refractivity contribution in [3.8, 4) is 11.3 Å². The number of aromatic nitrogens is 3. The summed E-state index contributed by atoms with van der Waals surface area (Å²) in [5.74, 6) is 0.318. The second-order valence-corrected chi connectivity index (χ2v) is 6.63. The molecule has 140 valence electrons. The summed E-state index contributed by atoms with van der Waals surface area (Å²) in [4.78, 5) is 18.9. The number of likely N-dealkylation sites (N-methyl/N-ethyl adjacent to an activating group) is 1. The third kappa shape index (κ3) is 3.68. The molecule has 1 aliphatic heterocycles. The lowest BCUT2D eigenvalue weighted by Crippen LogP contribution is -2.44. The SMILES string of the molecule is CN1CCN(c2ccc(-c3cc(Cn4ccnc4[N+](=O)[O-])on3)cc2)CC1. The van der Waals surface area contributed by atoms with Gasteiger partial charge in [-0.2, -0.15) is 0 Å². The largest absolute Gasteiger partial charge is 0.434 e. The van der Waals surface area contributed by atoms with Crippen LogP contribution in [0.2, 0.25) is 0 Å². The first-order valence-electron chi connectivity index (χ1n) is 8.75. The standard InChI is InChI=1S/C18H20N6O3/c1-21-8-10-22(11-9-21)15-4-2-14(3-5-15)17-12-16(27-20-17)13-23-7-6-19-18(23)24(25)26/h2-7,12H,8-11,13H2,1H3. The average molecular weight is 368 g/mol. The molecule has 1 fully saturated rings. The molecular weight excluding hydrogens is 348 g/mol. The minimum absolute atomic E-state index is 0.211. The topological polar surface area (TPSA) is 93.5 Å². The highest BCUT2D eigenvalue weighted by Crippen LogP contribution is 2.24. The van der Waals surface area contributed by atoms with Gasteiger partial charge in [0.05, 0.1) is 0 Å². The minimum atomic E-state index is -0.519. The van der Waals surface area contributed by atoms with Crippen molar-refractivity contribution in [2.45, 2.75) is 6.54 Å². The monoisotopic (exact) mass is 368 g/mol. The van der Waals surface area contributed by atoms with Crippen LogP contribution in [0.4, 0.5) is 11.6 Å². The van der Waals surface area contributed by atoms with E-state index in [0.29, 0.717) is 11.5 Å². The Balaban J connectivity index is 1.46. The van der Waals surface area contributed by atoms with Gasteiger partial charge in [0.1, 0.15) is 24.6 Å². The third-order valence-electron chi connectivity index (χ3n) is 4.77. The number of piperazine rings is 1. The number of benzene rings is 1. The molecule has 4 rings (SSSR count). The highest BCUT2D eigenvalue weighted by molar-refractivity contribution is 5.63. The van der Waals surface area contributed by atoms with E-state index >= 15 is 0 Å². The summed E-state index contributed by atoms with van der Waals surface area (Å²) in [7, 11) is 2.14. The van der Waals surface area contributed by atoms with Gasteiger partial charge in [0, 0.05) is 43.5 Å². The van der Waals surface area contributed by atoms with Crippen LogP contribution < -0.4 is 4.90 Å². The van der Waals surface area contributed by atoms with Crippen LogP contribution in [0.25, 0.3) is 11.3 Å². The molecule has 1 saturated heterocycles. The number of hydrogen-bond donors (Lipinski definition) is 0. The summed E-state index contributed by atoms with van der Waals surface area (Å²) < 4.78 is 6.77. The zero-order chi connectivity index (χ0) is 18.8. The lowest BCUT2D eigenvalue weighted by molar-refractivity contribution is -0.396. The number of hydrogen-bond acceptors (Lipinski definition) is 7. The molecule has 3 heterocycles. The zero-order valence-electron chi connectivity index (χ0n) is 15.0. The second-order valence-electron chi connectivity index (χ2n) is 6.63. The zero-order valence-corrected chi connectivity index (χ0v) is 15.0. The Morgan fingerprint density at radius 2 is 1.93 bits per heavy atom. The van der Waals surface area contributed by atoms with Gasteiger partial charge in [-0.05, 0) is 24.1 Å². The first-order valence-corrected chi connectivity index (χ1v) is 8.75. The van der Waals surface area contributed by atoms with Gasteiger partial charge in [-0.15, -0.1) is 0 Å². The Labute approximate surface area is 156 Å².